The molecule has 7 nitrogen and oxygen atoms in total. The Morgan fingerprint density at radius 2 is 1.75 bits per heavy atom. The van der Waals surface area contributed by atoms with Gasteiger partial charge in [-0.15, -0.1) is 0 Å². The maximum absolute atomic E-state index is 13.2. The summed E-state index contributed by atoms with van der Waals surface area (Å²) in [4.78, 5) is 38.9. The first-order chi connectivity index (χ1) is 14.8. The van der Waals surface area contributed by atoms with Crippen molar-refractivity contribution in [3.63, 3.8) is 0 Å². The number of ether oxygens (including phenoxy) is 1. The number of fused-ring (bicyclic) bond motifs is 2. The Hall–Kier alpha value is -2.78. The molecule has 2 N–H and O–H groups in total. The quantitative estimate of drug-likeness (QED) is 0.712. The smallest absolute Gasteiger partial charge is 0.416 e. The van der Waals surface area contributed by atoms with Gasteiger partial charge in [-0.1, -0.05) is 0 Å². The topological polar surface area (TPSA) is 95.9 Å². The highest BCUT2D eigenvalue weighted by atomic mass is 19.4. The summed E-state index contributed by atoms with van der Waals surface area (Å²) >= 11 is 0. The molecule has 1 aromatic rings. The van der Waals surface area contributed by atoms with Crippen LogP contribution in [-0.2, 0) is 15.7 Å². The molecule has 2 heterocycles. The van der Waals surface area contributed by atoms with E-state index in [-0.39, 0.29) is 11.6 Å². The molecule has 0 aromatic heterocycles. The number of rotatable bonds is 4. The number of halogens is 3. The molecule has 4 unspecified atom stereocenters. The van der Waals surface area contributed by atoms with Crippen LogP contribution in [0.1, 0.15) is 62.4 Å². The van der Waals surface area contributed by atoms with E-state index in [1.54, 1.807) is 25.7 Å². The molecule has 2 saturated heterocycles. The average molecular weight is 456 g/mol. The number of nitrogens with zero attached hydrogens (tertiary/aromatic N) is 1. The number of hydrogen-bond donors (Lipinski definition) is 2. The second-order valence-electron chi connectivity index (χ2n) is 9.30. The Morgan fingerprint density at radius 1 is 1.12 bits per heavy atom. The predicted molar refractivity (Wildman–Crippen MR) is 108 cm³/mol. The first-order valence-electron chi connectivity index (χ1n) is 10.5. The molecule has 2 aliphatic rings. The minimum Gasteiger partial charge on any atom is -0.480 e. The van der Waals surface area contributed by atoms with E-state index in [1.807, 2.05) is 0 Å². The third-order valence-corrected chi connectivity index (χ3v) is 5.89. The molecular formula is C22H27F3N2O5. The SMILES string of the molecule is CC(C)(C)OC(=O)NC(C(=O)O)C1CC2CCCC1N2C(=O)c1ccc(C(F)(F)F)cc1. The minimum absolute atomic E-state index is 0.113. The lowest BCUT2D eigenvalue weighted by molar-refractivity contribution is -0.141. The monoisotopic (exact) mass is 456 g/mol. The molecule has 0 saturated carbocycles. The zero-order valence-electron chi connectivity index (χ0n) is 18.1. The van der Waals surface area contributed by atoms with Crippen LogP contribution in [0.25, 0.3) is 0 Å². The fourth-order valence-electron chi connectivity index (χ4n) is 4.65. The third kappa shape index (κ3) is 5.16. The number of benzene rings is 1. The van der Waals surface area contributed by atoms with E-state index < -0.39 is 53.3 Å². The van der Waals surface area contributed by atoms with Crippen LogP contribution >= 0.6 is 0 Å². The fourth-order valence-corrected chi connectivity index (χ4v) is 4.65. The van der Waals surface area contributed by atoms with Gasteiger partial charge in [0.25, 0.3) is 5.91 Å². The molecular weight excluding hydrogens is 429 g/mol. The molecule has 0 radical (unpaired) electrons. The van der Waals surface area contributed by atoms with Crippen molar-refractivity contribution in [3.8, 4) is 0 Å². The Labute approximate surface area is 183 Å². The van der Waals surface area contributed by atoms with Gasteiger partial charge in [0, 0.05) is 23.6 Å². The number of carboxylic acids is 1. The van der Waals surface area contributed by atoms with Crippen LogP contribution in [0.5, 0.6) is 0 Å². The van der Waals surface area contributed by atoms with Crippen LogP contribution in [-0.4, -0.2) is 51.7 Å². The molecule has 10 heteroatoms. The molecule has 3 rings (SSSR count). The summed E-state index contributed by atoms with van der Waals surface area (Å²) in [6.07, 6.45) is -2.97. The lowest BCUT2D eigenvalue weighted by Gasteiger charge is -2.37. The number of alkyl carbamates (subject to hydrolysis) is 1. The summed E-state index contributed by atoms with van der Waals surface area (Å²) in [7, 11) is 0. The van der Waals surface area contributed by atoms with Gasteiger partial charge >= 0.3 is 18.2 Å². The van der Waals surface area contributed by atoms with Gasteiger partial charge in [0.2, 0.25) is 0 Å². The summed E-state index contributed by atoms with van der Waals surface area (Å²) in [6, 6.07) is 2.07. The van der Waals surface area contributed by atoms with Gasteiger partial charge in [0.15, 0.2) is 0 Å². The van der Waals surface area contributed by atoms with Gasteiger partial charge in [-0.05, 0) is 70.7 Å². The summed E-state index contributed by atoms with van der Waals surface area (Å²) in [5.74, 6) is -2.20. The number of nitrogens with one attached hydrogen (secondary N) is 1. The highest BCUT2D eigenvalue weighted by Crippen LogP contribution is 2.42. The number of carbonyl (C=O) groups is 3. The molecule has 2 fully saturated rings. The van der Waals surface area contributed by atoms with Crippen LogP contribution in [0, 0.1) is 5.92 Å². The Balaban J connectivity index is 1.80. The number of aliphatic carboxylic acids is 1. The number of carboxylic acid groups (broad SMARTS) is 1. The van der Waals surface area contributed by atoms with Crippen molar-refractivity contribution in [1.82, 2.24) is 10.2 Å². The second-order valence-corrected chi connectivity index (χ2v) is 9.30. The van der Waals surface area contributed by atoms with Crippen LogP contribution in [0.2, 0.25) is 0 Å². The number of piperidine rings is 1. The maximum atomic E-state index is 13.2. The second kappa shape index (κ2) is 8.63. The first kappa shape index (κ1) is 23.9. The van der Waals surface area contributed by atoms with E-state index >= 15 is 0 Å². The van der Waals surface area contributed by atoms with Crippen molar-refractivity contribution in [1.29, 1.82) is 0 Å². The summed E-state index contributed by atoms with van der Waals surface area (Å²) < 4.78 is 43.7. The van der Waals surface area contributed by atoms with Crippen molar-refractivity contribution in [2.45, 2.75) is 76.4 Å². The molecule has 0 spiro atoms. The number of amides is 2. The third-order valence-electron chi connectivity index (χ3n) is 5.89. The van der Waals surface area contributed by atoms with Crippen molar-refractivity contribution in [2.75, 3.05) is 0 Å². The van der Waals surface area contributed by atoms with Crippen LogP contribution < -0.4 is 5.32 Å². The lowest BCUT2D eigenvalue weighted by atomic mass is 9.90. The zero-order valence-corrected chi connectivity index (χ0v) is 18.1. The van der Waals surface area contributed by atoms with Crippen LogP contribution in [0.4, 0.5) is 18.0 Å². The Bertz CT molecular complexity index is 879. The van der Waals surface area contributed by atoms with E-state index in [2.05, 4.69) is 5.32 Å². The highest BCUT2D eigenvalue weighted by Gasteiger charge is 2.51. The summed E-state index contributed by atoms with van der Waals surface area (Å²) in [6.45, 7) is 4.99. The van der Waals surface area contributed by atoms with Gasteiger partial charge in [-0.25, -0.2) is 9.59 Å². The van der Waals surface area contributed by atoms with Gasteiger partial charge in [0.05, 0.1) is 5.56 Å². The molecule has 176 valence electrons. The summed E-state index contributed by atoms with van der Waals surface area (Å²) in [5.41, 5.74) is -1.54. The Kier molecular flexibility index (Phi) is 6.44. The first-order valence-corrected chi connectivity index (χ1v) is 10.5. The van der Waals surface area contributed by atoms with Crippen molar-refractivity contribution >= 4 is 18.0 Å². The van der Waals surface area contributed by atoms with Crippen molar-refractivity contribution < 1.29 is 37.4 Å². The van der Waals surface area contributed by atoms with Crippen molar-refractivity contribution in [2.24, 2.45) is 5.92 Å². The van der Waals surface area contributed by atoms with Crippen molar-refractivity contribution in [3.05, 3.63) is 35.4 Å². The molecule has 0 aliphatic carbocycles. The van der Waals surface area contributed by atoms with Gasteiger partial charge in [-0.3, -0.25) is 4.79 Å². The van der Waals surface area contributed by atoms with E-state index in [1.165, 1.54) is 0 Å². The summed E-state index contributed by atoms with van der Waals surface area (Å²) in [5, 5.41) is 12.2. The predicted octanol–water partition coefficient (Wildman–Crippen LogP) is 4.07. The molecule has 1 aromatic carbocycles. The van der Waals surface area contributed by atoms with Gasteiger partial charge in [0.1, 0.15) is 11.6 Å². The van der Waals surface area contributed by atoms with Gasteiger partial charge in [-0.2, -0.15) is 13.2 Å². The molecule has 2 bridgehead atoms. The average Bonchev–Trinajstić information content (AvgIpc) is 2.88. The largest absolute Gasteiger partial charge is 0.480 e. The fraction of sp³-hybridized carbons (Fsp3) is 0.591. The Morgan fingerprint density at radius 3 is 2.28 bits per heavy atom. The van der Waals surface area contributed by atoms with E-state index in [9.17, 15) is 32.7 Å². The standard InChI is InChI=1S/C22H27F3N2O5/c1-21(2,3)32-20(31)26-17(19(29)30)15-11-14-5-4-6-16(15)27(14)18(28)12-7-9-13(10-8-12)22(23,24)25/h7-10,14-17H,4-6,11H2,1-3H3,(H,26,31)(H,29,30). The molecule has 2 aliphatic heterocycles. The molecule has 2 amide bonds. The van der Waals surface area contributed by atoms with E-state index in [0.29, 0.717) is 19.3 Å². The van der Waals surface area contributed by atoms with Crippen LogP contribution in [0.3, 0.4) is 0 Å². The number of carbonyl (C=O) groups excluding carboxylic acids is 2. The van der Waals surface area contributed by atoms with Crippen LogP contribution in [0.15, 0.2) is 24.3 Å². The van der Waals surface area contributed by atoms with Gasteiger partial charge < -0.3 is 20.1 Å². The minimum atomic E-state index is -4.50. The lowest BCUT2D eigenvalue weighted by Crippen LogP contribution is -2.52. The zero-order chi connectivity index (χ0) is 23.8. The number of hydrogen-bond acceptors (Lipinski definition) is 4. The maximum Gasteiger partial charge on any atom is 0.416 e. The molecule has 32 heavy (non-hydrogen) atoms. The number of alkyl halides is 3. The normalized spacial score (nSPS) is 24.1. The van der Waals surface area contributed by atoms with E-state index in [0.717, 1.165) is 30.7 Å². The molecule has 4 atom stereocenters. The van der Waals surface area contributed by atoms with E-state index in [4.69, 9.17) is 4.74 Å². The highest BCUT2D eigenvalue weighted by molar-refractivity contribution is 5.95.